The van der Waals surface area contributed by atoms with Crippen LogP contribution in [0.4, 0.5) is 0 Å². The third-order valence-electron chi connectivity index (χ3n) is 3.92. The van der Waals surface area contributed by atoms with Crippen molar-refractivity contribution in [2.24, 2.45) is 0 Å². The van der Waals surface area contributed by atoms with Gasteiger partial charge in [-0.25, -0.2) is 0 Å². The van der Waals surface area contributed by atoms with E-state index in [1.807, 2.05) is 19.1 Å². The molecule has 2 rings (SSSR count). The first kappa shape index (κ1) is 19.9. The maximum absolute atomic E-state index is 12.2. The van der Waals surface area contributed by atoms with Gasteiger partial charge in [0.15, 0.2) is 0 Å². The topological polar surface area (TPSA) is 56.8 Å². The van der Waals surface area contributed by atoms with Crippen LogP contribution in [-0.4, -0.2) is 26.7 Å². The maximum atomic E-state index is 12.2. The van der Waals surface area contributed by atoms with E-state index in [4.69, 9.17) is 25.8 Å². The summed E-state index contributed by atoms with van der Waals surface area (Å²) in [7, 11) is 3.20. The molecule has 2 aromatic carbocycles. The highest BCUT2D eigenvalue weighted by molar-refractivity contribution is 6.30. The number of rotatable bonds is 9. The molecule has 140 valence electrons. The minimum Gasteiger partial charge on any atom is -0.497 e. The molecule has 5 nitrogen and oxygen atoms in total. The first-order valence-corrected chi connectivity index (χ1v) is 8.81. The molecule has 0 spiro atoms. The Kier molecular flexibility index (Phi) is 7.60. The summed E-state index contributed by atoms with van der Waals surface area (Å²) in [6.45, 7) is 2.39. The number of ether oxygens (including phenoxy) is 3. The second-order valence-electron chi connectivity index (χ2n) is 5.80. The van der Waals surface area contributed by atoms with Gasteiger partial charge in [-0.1, -0.05) is 11.6 Å². The van der Waals surface area contributed by atoms with Crippen molar-refractivity contribution in [1.82, 2.24) is 5.32 Å². The van der Waals surface area contributed by atoms with E-state index in [0.29, 0.717) is 36.0 Å². The average Bonchev–Trinajstić information content (AvgIpc) is 2.66. The second kappa shape index (κ2) is 9.92. The monoisotopic (exact) mass is 377 g/mol. The fourth-order valence-corrected chi connectivity index (χ4v) is 2.65. The molecule has 6 heteroatoms. The van der Waals surface area contributed by atoms with Crippen molar-refractivity contribution in [3.8, 4) is 17.2 Å². The SMILES string of the molecule is COc1ccc(C(C)NC(=O)CCCOc2ccc(Cl)cc2)c(OC)c1. The number of carbonyl (C=O) groups excluding carboxylic acids is 1. The zero-order valence-electron chi connectivity index (χ0n) is 15.3. The molecular formula is C20H24ClNO4. The van der Waals surface area contributed by atoms with Gasteiger partial charge < -0.3 is 19.5 Å². The van der Waals surface area contributed by atoms with E-state index < -0.39 is 0 Å². The van der Waals surface area contributed by atoms with Crippen LogP contribution in [0.25, 0.3) is 0 Å². The number of amides is 1. The average molecular weight is 378 g/mol. The highest BCUT2D eigenvalue weighted by Gasteiger charge is 2.14. The minimum atomic E-state index is -0.166. The number of hydrogen-bond acceptors (Lipinski definition) is 4. The zero-order chi connectivity index (χ0) is 18.9. The summed E-state index contributed by atoms with van der Waals surface area (Å²) in [4.78, 5) is 12.2. The summed E-state index contributed by atoms with van der Waals surface area (Å²) in [5.41, 5.74) is 0.902. The van der Waals surface area contributed by atoms with Crippen LogP contribution in [0.2, 0.25) is 5.02 Å². The molecule has 0 saturated carbocycles. The first-order valence-electron chi connectivity index (χ1n) is 8.43. The van der Waals surface area contributed by atoms with E-state index >= 15 is 0 Å². The van der Waals surface area contributed by atoms with Gasteiger partial charge in [-0.15, -0.1) is 0 Å². The number of hydrogen-bond donors (Lipinski definition) is 1. The Hall–Kier alpha value is -2.40. The van der Waals surface area contributed by atoms with Crippen molar-refractivity contribution in [3.05, 3.63) is 53.1 Å². The van der Waals surface area contributed by atoms with Gasteiger partial charge in [0.2, 0.25) is 5.91 Å². The lowest BCUT2D eigenvalue weighted by atomic mass is 10.1. The standard InChI is InChI=1S/C20H24ClNO4/c1-14(18-11-10-17(24-2)13-19(18)25-3)22-20(23)5-4-12-26-16-8-6-15(21)7-9-16/h6-11,13-14H,4-5,12H2,1-3H3,(H,22,23). The third-order valence-corrected chi connectivity index (χ3v) is 4.17. The molecule has 0 aliphatic heterocycles. The maximum Gasteiger partial charge on any atom is 0.220 e. The van der Waals surface area contributed by atoms with E-state index in [2.05, 4.69) is 5.32 Å². The van der Waals surface area contributed by atoms with Crippen molar-refractivity contribution in [2.75, 3.05) is 20.8 Å². The normalized spacial score (nSPS) is 11.5. The van der Waals surface area contributed by atoms with Crippen LogP contribution in [0.3, 0.4) is 0 Å². The van der Waals surface area contributed by atoms with Gasteiger partial charge in [-0.3, -0.25) is 4.79 Å². The number of methoxy groups -OCH3 is 2. The zero-order valence-corrected chi connectivity index (χ0v) is 16.0. The Morgan fingerprint density at radius 2 is 1.77 bits per heavy atom. The molecule has 0 radical (unpaired) electrons. The molecule has 0 aliphatic carbocycles. The molecule has 26 heavy (non-hydrogen) atoms. The van der Waals surface area contributed by atoms with Crippen LogP contribution in [0, 0.1) is 0 Å². The third kappa shape index (κ3) is 5.85. The lowest BCUT2D eigenvalue weighted by Gasteiger charge is -2.18. The Morgan fingerprint density at radius 3 is 2.42 bits per heavy atom. The number of nitrogens with one attached hydrogen (secondary N) is 1. The molecule has 1 unspecified atom stereocenters. The van der Waals surface area contributed by atoms with Gasteiger partial charge in [-0.2, -0.15) is 0 Å². The highest BCUT2D eigenvalue weighted by atomic mass is 35.5. The van der Waals surface area contributed by atoms with Gasteiger partial charge >= 0.3 is 0 Å². The fourth-order valence-electron chi connectivity index (χ4n) is 2.52. The molecule has 1 atom stereocenters. The summed E-state index contributed by atoms with van der Waals surface area (Å²) < 4.78 is 16.2. The summed E-state index contributed by atoms with van der Waals surface area (Å²) in [6.07, 6.45) is 1.01. The van der Waals surface area contributed by atoms with Gasteiger partial charge in [0.1, 0.15) is 17.2 Å². The number of benzene rings is 2. The minimum absolute atomic E-state index is 0.0323. The summed E-state index contributed by atoms with van der Waals surface area (Å²) in [5, 5.41) is 3.65. The lowest BCUT2D eigenvalue weighted by molar-refractivity contribution is -0.121. The molecule has 0 bridgehead atoms. The fraction of sp³-hybridized carbons (Fsp3) is 0.350. The van der Waals surface area contributed by atoms with E-state index in [1.54, 1.807) is 44.6 Å². The van der Waals surface area contributed by atoms with Crippen molar-refractivity contribution < 1.29 is 19.0 Å². The first-order chi connectivity index (χ1) is 12.5. The van der Waals surface area contributed by atoms with Gasteiger partial charge in [0.05, 0.1) is 26.9 Å². The predicted molar refractivity (Wildman–Crippen MR) is 102 cm³/mol. The van der Waals surface area contributed by atoms with Crippen LogP contribution in [-0.2, 0) is 4.79 Å². The molecule has 0 fully saturated rings. The van der Waals surface area contributed by atoms with E-state index in [9.17, 15) is 4.79 Å². The lowest BCUT2D eigenvalue weighted by Crippen LogP contribution is -2.27. The van der Waals surface area contributed by atoms with Crippen LogP contribution in [0.5, 0.6) is 17.2 Å². The highest BCUT2D eigenvalue weighted by Crippen LogP contribution is 2.29. The van der Waals surface area contributed by atoms with Crippen molar-refractivity contribution in [2.45, 2.75) is 25.8 Å². The largest absolute Gasteiger partial charge is 0.497 e. The predicted octanol–water partition coefficient (Wildman–Crippen LogP) is 4.39. The number of carbonyl (C=O) groups is 1. The van der Waals surface area contributed by atoms with E-state index in [0.717, 1.165) is 11.3 Å². The van der Waals surface area contributed by atoms with Crippen LogP contribution >= 0.6 is 11.6 Å². The summed E-state index contributed by atoms with van der Waals surface area (Å²) in [6, 6.07) is 12.5. The Balaban J connectivity index is 1.79. The molecule has 0 heterocycles. The molecular weight excluding hydrogens is 354 g/mol. The van der Waals surface area contributed by atoms with E-state index in [1.165, 1.54) is 0 Å². The van der Waals surface area contributed by atoms with Crippen molar-refractivity contribution in [3.63, 3.8) is 0 Å². The molecule has 0 aliphatic rings. The van der Waals surface area contributed by atoms with Gasteiger partial charge in [0, 0.05) is 23.1 Å². The van der Waals surface area contributed by atoms with Crippen LogP contribution < -0.4 is 19.5 Å². The van der Waals surface area contributed by atoms with Crippen molar-refractivity contribution in [1.29, 1.82) is 0 Å². The van der Waals surface area contributed by atoms with Crippen LogP contribution in [0.1, 0.15) is 31.4 Å². The van der Waals surface area contributed by atoms with Crippen molar-refractivity contribution >= 4 is 17.5 Å². The van der Waals surface area contributed by atoms with Gasteiger partial charge in [-0.05, 0) is 49.7 Å². The summed E-state index contributed by atoms with van der Waals surface area (Å²) in [5.74, 6) is 2.10. The van der Waals surface area contributed by atoms with E-state index in [-0.39, 0.29) is 11.9 Å². The Bertz CT molecular complexity index is 718. The summed E-state index contributed by atoms with van der Waals surface area (Å²) >= 11 is 5.83. The second-order valence-corrected chi connectivity index (χ2v) is 6.24. The molecule has 1 N–H and O–H groups in total. The molecule has 2 aromatic rings. The number of halogens is 1. The Morgan fingerprint density at radius 1 is 1.08 bits per heavy atom. The Labute approximate surface area is 159 Å². The molecule has 0 aromatic heterocycles. The smallest absolute Gasteiger partial charge is 0.220 e. The molecule has 0 saturated heterocycles. The van der Waals surface area contributed by atoms with Crippen LogP contribution in [0.15, 0.2) is 42.5 Å². The molecule has 1 amide bonds. The van der Waals surface area contributed by atoms with Gasteiger partial charge in [0.25, 0.3) is 0 Å². The quantitative estimate of drug-likeness (QED) is 0.658.